The summed E-state index contributed by atoms with van der Waals surface area (Å²) in [5.74, 6) is 0.142. The highest BCUT2D eigenvalue weighted by atomic mass is 32.2. The molecule has 0 aliphatic carbocycles. The molecule has 0 aliphatic heterocycles. The molecule has 1 amide bonds. The second kappa shape index (κ2) is 10.7. The van der Waals surface area contributed by atoms with Crippen LogP contribution in [0.5, 0.6) is 11.5 Å². The number of nitrogens with zero attached hydrogens (tertiary/aromatic N) is 1. The summed E-state index contributed by atoms with van der Waals surface area (Å²) in [4.78, 5) is 22.9. The van der Waals surface area contributed by atoms with E-state index in [0.29, 0.717) is 18.0 Å². The Morgan fingerprint density at radius 2 is 1.71 bits per heavy atom. The maximum Gasteiger partial charge on any atom is 0.273 e. The highest BCUT2D eigenvalue weighted by molar-refractivity contribution is 7.92. The largest absolute Gasteiger partial charge is 0.495 e. The van der Waals surface area contributed by atoms with E-state index in [0.717, 1.165) is 0 Å². The predicted molar refractivity (Wildman–Crippen MR) is 127 cm³/mol. The highest BCUT2D eigenvalue weighted by Crippen LogP contribution is 2.29. The molecule has 0 radical (unpaired) electrons. The third-order valence-corrected chi connectivity index (χ3v) is 6.10. The number of nitro benzene ring substituents is 1. The predicted octanol–water partition coefficient (Wildman–Crippen LogP) is 3.98. The van der Waals surface area contributed by atoms with Gasteiger partial charge in [0.1, 0.15) is 16.4 Å². The first kappa shape index (κ1) is 24.5. The van der Waals surface area contributed by atoms with E-state index in [1.807, 2.05) is 6.92 Å². The summed E-state index contributed by atoms with van der Waals surface area (Å²) in [5.41, 5.74) is 0.575. The van der Waals surface area contributed by atoms with Crippen LogP contribution in [0.2, 0.25) is 0 Å². The van der Waals surface area contributed by atoms with E-state index in [-0.39, 0.29) is 34.0 Å². The van der Waals surface area contributed by atoms with Crippen LogP contribution in [-0.2, 0) is 21.2 Å². The van der Waals surface area contributed by atoms with Gasteiger partial charge in [-0.2, -0.15) is 0 Å². The van der Waals surface area contributed by atoms with Crippen molar-refractivity contribution in [2.75, 3.05) is 23.8 Å². The molecule has 3 aromatic carbocycles. The zero-order valence-corrected chi connectivity index (χ0v) is 19.3. The van der Waals surface area contributed by atoms with Gasteiger partial charge in [-0.1, -0.05) is 18.2 Å². The van der Waals surface area contributed by atoms with Crippen LogP contribution in [0.1, 0.15) is 12.5 Å². The Hall–Kier alpha value is -4.12. The first-order valence-electron chi connectivity index (χ1n) is 10.2. The lowest BCUT2D eigenvalue weighted by Gasteiger charge is -2.14. The Labute approximate surface area is 196 Å². The molecule has 0 atom stereocenters. The number of carbonyl (C=O) groups is 1. The van der Waals surface area contributed by atoms with Gasteiger partial charge < -0.3 is 14.8 Å². The molecule has 0 bridgehead atoms. The Morgan fingerprint density at radius 1 is 1.03 bits per heavy atom. The minimum Gasteiger partial charge on any atom is -0.495 e. The standard InChI is InChI=1S/C23H23N3O7S/c1-3-33-19-11-8-17(9-12-19)25-34(30,31)22-15-18(10-13-21(22)32-2)24-23(27)14-16-6-4-5-7-20(16)26(28)29/h4-13,15,25H,3,14H2,1-2H3,(H,24,27). The summed E-state index contributed by atoms with van der Waals surface area (Å²) < 4.78 is 39.1. The fraction of sp³-hybridized carbons (Fsp3) is 0.174. The number of nitrogens with one attached hydrogen (secondary N) is 2. The minimum atomic E-state index is -4.07. The van der Waals surface area contributed by atoms with Gasteiger partial charge in [0.25, 0.3) is 15.7 Å². The van der Waals surface area contributed by atoms with Crippen molar-refractivity contribution in [1.82, 2.24) is 0 Å². The summed E-state index contributed by atoms with van der Waals surface area (Å²) in [6.45, 7) is 2.33. The number of anilines is 2. The molecule has 0 spiro atoms. The van der Waals surface area contributed by atoms with E-state index in [1.165, 1.54) is 43.5 Å². The van der Waals surface area contributed by atoms with E-state index in [4.69, 9.17) is 9.47 Å². The zero-order chi connectivity index (χ0) is 24.7. The van der Waals surface area contributed by atoms with Gasteiger partial charge in [-0.05, 0) is 49.4 Å². The summed E-state index contributed by atoms with van der Waals surface area (Å²) in [6, 6.07) is 16.5. The normalized spacial score (nSPS) is 10.9. The molecule has 0 saturated carbocycles. The third kappa shape index (κ3) is 6.01. The second-order valence-corrected chi connectivity index (χ2v) is 8.69. The SMILES string of the molecule is CCOc1ccc(NS(=O)(=O)c2cc(NC(=O)Cc3ccccc3[N+](=O)[O-])ccc2OC)cc1. The molecule has 0 aromatic heterocycles. The van der Waals surface area contributed by atoms with Crippen LogP contribution in [-0.4, -0.2) is 33.0 Å². The number of benzene rings is 3. The Morgan fingerprint density at radius 3 is 2.35 bits per heavy atom. The fourth-order valence-electron chi connectivity index (χ4n) is 3.18. The van der Waals surface area contributed by atoms with Crippen molar-refractivity contribution in [3.63, 3.8) is 0 Å². The molecule has 2 N–H and O–H groups in total. The summed E-state index contributed by atoms with van der Waals surface area (Å²) in [5, 5.41) is 13.7. The number of para-hydroxylation sites is 1. The monoisotopic (exact) mass is 485 g/mol. The number of hydrogen-bond acceptors (Lipinski definition) is 7. The first-order valence-corrected chi connectivity index (χ1v) is 11.7. The molecule has 3 rings (SSSR count). The van der Waals surface area contributed by atoms with Crippen LogP contribution in [0, 0.1) is 10.1 Å². The van der Waals surface area contributed by atoms with E-state index >= 15 is 0 Å². The van der Waals surface area contributed by atoms with Gasteiger partial charge in [-0.25, -0.2) is 8.42 Å². The molecule has 0 heterocycles. The van der Waals surface area contributed by atoms with Crippen LogP contribution >= 0.6 is 0 Å². The number of rotatable bonds is 10. The van der Waals surface area contributed by atoms with Crippen LogP contribution in [0.15, 0.2) is 71.6 Å². The Bertz CT molecular complexity index is 1290. The average Bonchev–Trinajstić information content (AvgIpc) is 2.80. The molecular formula is C23H23N3O7S. The Balaban J connectivity index is 1.81. The number of carbonyl (C=O) groups excluding carboxylic acids is 1. The van der Waals surface area contributed by atoms with Gasteiger partial charge in [0.2, 0.25) is 5.91 Å². The van der Waals surface area contributed by atoms with Gasteiger partial charge in [0.15, 0.2) is 0 Å². The fourth-order valence-corrected chi connectivity index (χ4v) is 4.43. The van der Waals surface area contributed by atoms with Crippen molar-refractivity contribution in [1.29, 1.82) is 0 Å². The van der Waals surface area contributed by atoms with Crippen molar-refractivity contribution in [3.05, 3.63) is 82.4 Å². The molecule has 3 aromatic rings. The summed E-state index contributed by atoms with van der Waals surface area (Å²) in [7, 11) is -2.74. The lowest BCUT2D eigenvalue weighted by Crippen LogP contribution is -2.17. The molecule has 0 fully saturated rings. The molecule has 11 heteroatoms. The Kier molecular flexibility index (Phi) is 7.69. The number of amides is 1. The molecule has 0 unspecified atom stereocenters. The molecule has 0 saturated heterocycles. The molecule has 34 heavy (non-hydrogen) atoms. The van der Waals surface area contributed by atoms with Gasteiger partial charge in [0.05, 0.1) is 25.1 Å². The third-order valence-electron chi connectivity index (χ3n) is 4.69. The summed E-state index contributed by atoms with van der Waals surface area (Å²) >= 11 is 0. The van der Waals surface area contributed by atoms with Crippen molar-refractivity contribution in [2.24, 2.45) is 0 Å². The molecular weight excluding hydrogens is 462 g/mol. The van der Waals surface area contributed by atoms with E-state index in [2.05, 4.69) is 10.0 Å². The number of hydrogen-bond donors (Lipinski definition) is 2. The van der Waals surface area contributed by atoms with Crippen molar-refractivity contribution in [3.8, 4) is 11.5 Å². The van der Waals surface area contributed by atoms with E-state index in [1.54, 1.807) is 30.3 Å². The minimum absolute atomic E-state index is 0.0788. The van der Waals surface area contributed by atoms with E-state index < -0.39 is 20.9 Å². The van der Waals surface area contributed by atoms with Crippen molar-refractivity contribution >= 4 is 33.0 Å². The van der Waals surface area contributed by atoms with Gasteiger partial charge >= 0.3 is 0 Å². The van der Waals surface area contributed by atoms with E-state index in [9.17, 15) is 23.3 Å². The lowest BCUT2D eigenvalue weighted by atomic mass is 10.1. The van der Waals surface area contributed by atoms with Crippen LogP contribution in [0.25, 0.3) is 0 Å². The quantitative estimate of drug-likeness (QED) is 0.327. The van der Waals surface area contributed by atoms with Crippen LogP contribution in [0.4, 0.5) is 17.1 Å². The number of nitro groups is 1. The average molecular weight is 486 g/mol. The molecule has 0 aliphatic rings. The lowest BCUT2D eigenvalue weighted by molar-refractivity contribution is -0.385. The highest BCUT2D eigenvalue weighted by Gasteiger charge is 2.22. The second-order valence-electron chi connectivity index (χ2n) is 7.04. The van der Waals surface area contributed by atoms with Crippen molar-refractivity contribution < 1.29 is 27.6 Å². The maximum atomic E-state index is 13.0. The maximum absolute atomic E-state index is 13.0. The van der Waals surface area contributed by atoms with Crippen LogP contribution in [0.3, 0.4) is 0 Å². The van der Waals surface area contributed by atoms with Crippen molar-refractivity contribution in [2.45, 2.75) is 18.2 Å². The summed E-state index contributed by atoms with van der Waals surface area (Å²) in [6.07, 6.45) is -0.254. The smallest absolute Gasteiger partial charge is 0.273 e. The first-order chi connectivity index (χ1) is 16.2. The van der Waals surface area contributed by atoms with Gasteiger partial charge in [0, 0.05) is 23.0 Å². The molecule has 10 nitrogen and oxygen atoms in total. The number of ether oxygens (including phenoxy) is 2. The topological polar surface area (TPSA) is 137 Å². The molecule has 178 valence electrons. The van der Waals surface area contributed by atoms with Gasteiger partial charge in [-0.15, -0.1) is 0 Å². The zero-order valence-electron chi connectivity index (χ0n) is 18.5. The van der Waals surface area contributed by atoms with Crippen LogP contribution < -0.4 is 19.5 Å². The number of sulfonamides is 1. The number of methoxy groups -OCH3 is 1. The van der Waals surface area contributed by atoms with Gasteiger partial charge in [-0.3, -0.25) is 19.6 Å².